The van der Waals surface area contributed by atoms with Gasteiger partial charge in [0.25, 0.3) is 0 Å². The van der Waals surface area contributed by atoms with Gasteiger partial charge in [-0.05, 0) is 131 Å². The van der Waals surface area contributed by atoms with E-state index in [1.54, 1.807) is 0 Å². The Morgan fingerprint density at radius 1 is 0.305 bits per heavy atom. The maximum Gasteiger partial charge on any atom is 0.139 e. The van der Waals surface area contributed by atoms with E-state index in [4.69, 9.17) is 13.3 Å². The molecule has 4 aromatic heterocycles. The van der Waals surface area contributed by atoms with Gasteiger partial charge in [-0.15, -0.1) is 0 Å². The summed E-state index contributed by atoms with van der Waals surface area (Å²) >= 11 is 0. The number of aromatic nitrogens is 1. The summed E-state index contributed by atoms with van der Waals surface area (Å²) in [4.78, 5) is 0. The van der Waals surface area contributed by atoms with Gasteiger partial charge in [0.05, 0.1) is 11.0 Å². The van der Waals surface area contributed by atoms with E-state index in [0.717, 1.165) is 105 Å². The fourth-order valence-corrected chi connectivity index (χ4v) is 9.45. The Bertz CT molecular complexity index is 3840. The van der Waals surface area contributed by atoms with Crippen LogP contribution < -0.4 is 0 Å². The lowest BCUT2D eigenvalue weighted by Gasteiger charge is -2.09. The van der Waals surface area contributed by atoms with E-state index >= 15 is 0 Å². The zero-order valence-corrected chi connectivity index (χ0v) is 32.0. The molecule has 0 unspecified atom stereocenters. The van der Waals surface area contributed by atoms with Gasteiger partial charge in [-0.25, -0.2) is 0 Å². The maximum absolute atomic E-state index is 6.41. The lowest BCUT2D eigenvalue weighted by molar-refractivity contribution is 0.656. The second kappa shape index (κ2) is 12.1. The van der Waals surface area contributed by atoms with Crippen LogP contribution >= 0.6 is 0 Å². The van der Waals surface area contributed by atoms with Crippen LogP contribution in [0.2, 0.25) is 0 Å². The molecule has 4 heteroatoms. The smallest absolute Gasteiger partial charge is 0.139 e. The highest BCUT2D eigenvalue weighted by Crippen LogP contribution is 2.42. The van der Waals surface area contributed by atoms with Crippen molar-refractivity contribution in [1.29, 1.82) is 0 Å². The van der Waals surface area contributed by atoms with Crippen molar-refractivity contribution in [3.8, 4) is 39.1 Å². The molecule has 0 aliphatic heterocycles. The van der Waals surface area contributed by atoms with Gasteiger partial charge < -0.3 is 17.8 Å². The van der Waals surface area contributed by atoms with Crippen LogP contribution in [0.1, 0.15) is 5.56 Å². The molecule has 0 aliphatic rings. The minimum atomic E-state index is 0.825. The minimum absolute atomic E-state index is 0.825. The summed E-state index contributed by atoms with van der Waals surface area (Å²) in [5, 5.41) is 9.03. The first-order valence-corrected chi connectivity index (χ1v) is 20.1. The van der Waals surface area contributed by atoms with Crippen molar-refractivity contribution in [1.82, 2.24) is 4.57 Å². The van der Waals surface area contributed by atoms with Crippen LogP contribution in [0, 0.1) is 6.92 Å². The normalized spacial score (nSPS) is 12.2. The summed E-state index contributed by atoms with van der Waals surface area (Å²) in [7, 11) is 0. The molecule has 13 aromatic rings. The predicted octanol–water partition coefficient (Wildman–Crippen LogP) is 15.8. The van der Waals surface area contributed by atoms with Crippen LogP contribution in [0.3, 0.4) is 0 Å². The zero-order valence-electron chi connectivity index (χ0n) is 32.0. The molecule has 0 N–H and O–H groups in total. The van der Waals surface area contributed by atoms with Crippen molar-refractivity contribution < 1.29 is 13.3 Å². The molecule has 9 aromatic carbocycles. The highest BCUT2D eigenvalue weighted by Gasteiger charge is 2.18. The Kier molecular flexibility index (Phi) is 6.62. The molecule has 276 valence electrons. The fraction of sp³-hybridized carbons (Fsp3) is 0.0182. The van der Waals surface area contributed by atoms with E-state index in [-0.39, 0.29) is 0 Å². The summed E-state index contributed by atoms with van der Waals surface area (Å²) < 4.78 is 21.4. The second-order valence-corrected chi connectivity index (χ2v) is 15.7. The van der Waals surface area contributed by atoms with Crippen LogP contribution in [0.4, 0.5) is 0 Å². The third kappa shape index (κ3) is 4.84. The number of para-hydroxylation sites is 2. The van der Waals surface area contributed by atoms with Crippen molar-refractivity contribution in [3.05, 3.63) is 188 Å². The molecule has 0 saturated heterocycles. The largest absolute Gasteiger partial charge is 0.456 e. The molecule has 0 amide bonds. The summed E-state index contributed by atoms with van der Waals surface area (Å²) in [6.07, 6.45) is 0. The first-order valence-electron chi connectivity index (χ1n) is 20.1. The second-order valence-electron chi connectivity index (χ2n) is 15.7. The number of hydrogen-bond acceptors (Lipinski definition) is 3. The van der Waals surface area contributed by atoms with E-state index in [1.807, 2.05) is 18.2 Å². The standard InChI is InChI=1S/C55H33NO3/c1-32-24-53-46(29-40(32)33-10-4-2-5-11-33)43-27-36(18-22-51(43)58-53)34-16-20-48-41(25-34)42-26-35(17-21-49(42)56(48)38-12-6-3-7-13-38)37-19-23-52-44(28-37)47-30-45-39-14-8-9-15-50(39)57-54(45)31-55(47)59-52/h2-31H,1H3. The lowest BCUT2D eigenvalue weighted by Crippen LogP contribution is -1.93. The molecule has 0 spiro atoms. The molecule has 4 nitrogen and oxygen atoms in total. The highest BCUT2D eigenvalue weighted by molar-refractivity contribution is 6.16. The van der Waals surface area contributed by atoms with E-state index < -0.39 is 0 Å². The number of aryl methyl sites for hydroxylation is 1. The van der Waals surface area contributed by atoms with Gasteiger partial charge >= 0.3 is 0 Å². The molecule has 59 heavy (non-hydrogen) atoms. The molecular weight excluding hydrogens is 723 g/mol. The number of benzene rings is 9. The number of furan rings is 3. The molecule has 0 bridgehead atoms. The molecule has 13 rings (SSSR count). The van der Waals surface area contributed by atoms with Crippen molar-refractivity contribution in [3.63, 3.8) is 0 Å². The van der Waals surface area contributed by atoms with E-state index in [2.05, 4.69) is 175 Å². The van der Waals surface area contributed by atoms with Crippen LogP contribution in [0.5, 0.6) is 0 Å². The lowest BCUT2D eigenvalue weighted by atomic mass is 9.96. The molecular formula is C55H33NO3. The van der Waals surface area contributed by atoms with Crippen molar-refractivity contribution in [2.24, 2.45) is 0 Å². The predicted molar refractivity (Wildman–Crippen MR) is 244 cm³/mol. The molecule has 4 heterocycles. The molecule has 0 fully saturated rings. The van der Waals surface area contributed by atoms with Crippen LogP contribution in [0.15, 0.2) is 195 Å². The van der Waals surface area contributed by atoms with Crippen molar-refractivity contribution >= 4 is 87.6 Å². The van der Waals surface area contributed by atoms with Crippen molar-refractivity contribution in [2.75, 3.05) is 0 Å². The Balaban J connectivity index is 0.981. The highest BCUT2D eigenvalue weighted by atomic mass is 16.3. The molecule has 0 atom stereocenters. The van der Waals surface area contributed by atoms with Gasteiger partial charge in [0.2, 0.25) is 0 Å². The summed E-state index contributed by atoms with van der Waals surface area (Å²) in [5.41, 5.74) is 16.9. The third-order valence-electron chi connectivity index (χ3n) is 12.3. The minimum Gasteiger partial charge on any atom is -0.456 e. The first kappa shape index (κ1) is 32.3. The SMILES string of the molecule is Cc1cc2oc3ccc(-c4ccc5c(c4)c4cc(-c6ccc7oc8cc9oc%10ccccc%10c9cc8c7c6)ccc4n5-c4ccccc4)cc3c2cc1-c1ccccc1. The fourth-order valence-electron chi connectivity index (χ4n) is 9.45. The topological polar surface area (TPSA) is 44.4 Å². The van der Waals surface area contributed by atoms with E-state index in [0.29, 0.717) is 0 Å². The number of fused-ring (bicyclic) bond motifs is 12. The molecule has 0 radical (unpaired) electrons. The number of nitrogens with zero attached hydrogens (tertiary/aromatic N) is 1. The van der Waals surface area contributed by atoms with Crippen LogP contribution in [-0.4, -0.2) is 4.57 Å². The first-order chi connectivity index (χ1) is 29.1. The van der Waals surface area contributed by atoms with Gasteiger partial charge in [-0.2, -0.15) is 0 Å². The summed E-state index contributed by atoms with van der Waals surface area (Å²) in [5.74, 6) is 0. The van der Waals surface area contributed by atoms with E-state index in [1.165, 1.54) is 27.5 Å². The van der Waals surface area contributed by atoms with Gasteiger partial charge in [0.15, 0.2) is 0 Å². The summed E-state index contributed by atoms with van der Waals surface area (Å²) in [6, 6.07) is 65.0. The average Bonchev–Trinajstić information content (AvgIpc) is 4.03. The maximum atomic E-state index is 6.41. The Hall–Kier alpha value is -7.82. The van der Waals surface area contributed by atoms with Crippen LogP contribution in [0.25, 0.3) is 127 Å². The Morgan fingerprint density at radius 3 is 1.39 bits per heavy atom. The average molecular weight is 756 g/mol. The summed E-state index contributed by atoms with van der Waals surface area (Å²) in [6.45, 7) is 2.16. The van der Waals surface area contributed by atoms with E-state index in [9.17, 15) is 0 Å². The Labute approximate surface area is 337 Å². The van der Waals surface area contributed by atoms with Gasteiger partial charge in [-0.3, -0.25) is 0 Å². The molecule has 0 aliphatic carbocycles. The molecule has 0 saturated carbocycles. The number of hydrogen-bond donors (Lipinski definition) is 0. The quantitative estimate of drug-likeness (QED) is 0.180. The van der Waals surface area contributed by atoms with Gasteiger partial charge in [0.1, 0.15) is 33.5 Å². The Morgan fingerprint density at radius 2 is 0.763 bits per heavy atom. The van der Waals surface area contributed by atoms with Crippen molar-refractivity contribution in [2.45, 2.75) is 6.92 Å². The number of rotatable bonds is 4. The third-order valence-corrected chi connectivity index (χ3v) is 12.3. The van der Waals surface area contributed by atoms with Crippen LogP contribution in [-0.2, 0) is 0 Å². The monoisotopic (exact) mass is 755 g/mol. The van der Waals surface area contributed by atoms with Gasteiger partial charge in [-0.1, -0.05) is 91.0 Å². The zero-order chi connectivity index (χ0) is 38.8. The van der Waals surface area contributed by atoms with Gasteiger partial charge in [0, 0.05) is 54.8 Å².